The Bertz CT molecular complexity index is 99.8. The van der Waals surface area contributed by atoms with Crippen molar-refractivity contribution in [1.29, 1.82) is 0 Å². The molecule has 1 aliphatic rings. The summed E-state index contributed by atoms with van der Waals surface area (Å²) in [7, 11) is 3.69. The average Bonchev–Trinajstić information content (AvgIpc) is 2.14. The van der Waals surface area contributed by atoms with Crippen molar-refractivity contribution in [2.75, 3.05) is 14.1 Å². The van der Waals surface area contributed by atoms with E-state index in [2.05, 4.69) is 21.2 Å². The fourth-order valence-electron chi connectivity index (χ4n) is 0.535. The molecule has 1 rings (SSSR count). The molecule has 8 heavy (non-hydrogen) atoms. The summed E-state index contributed by atoms with van der Waals surface area (Å²) in [6.45, 7) is 0. The highest BCUT2D eigenvalue weighted by Gasteiger charge is 2.13. The van der Waals surface area contributed by atoms with Gasteiger partial charge in [0.1, 0.15) is 0 Å². The molecule has 5 nitrogen and oxygen atoms in total. The van der Waals surface area contributed by atoms with E-state index in [-0.39, 0.29) is 6.29 Å². The van der Waals surface area contributed by atoms with Crippen LogP contribution in [0.2, 0.25) is 0 Å². The Morgan fingerprint density at radius 2 is 2.50 bits per heavy atom. The Kier molecular flexibility index (Phi) is 1.40. The van der Waals surface area contributed by atoms with Crippen molar-refractivity contribution >= 4 is 0 Å². The monoisotopic (exact) mass is 115 g/mol. The van der Waals surface area contributed by atoms with Gasteiger partial charge in [0, 0.05) is 7.05 Å². The van der Waals surface area contributed by atoms with Crippen LogP contribution in [0.4, 0.5) is 0 Å². The van der Waals surface area contributed by atoms with Gasteiger partial charge >= 0.3 is 0 Å². The molecule has 46 valence electrons. The van der Waals surface area contributed by atoms with Crippen molar-refractivity contribution in [3.05, 3.63) is 0 Å². The molecule has 5 heteroatoms. The van der Waals surface area contributed by atoms with Gasteiger partial charge in [-0.15, -0.1) is 5.11 Å². The van der Waals surface area contributed by atoms with Crippen LogP contribution in [-0.4, -0.2) is 25.4 Å². The highest BCUT2D eigenvalue weighted by molar-refractivity contribution is 4.56. The molecule has 0 saturated carbocycles. The Morgan fingerprint density at radius 3 is 2.75 bits per heavy atom. The first-order chi connectivity index (χ1) is 3.84. The smallest absolute Gasteiger partial charge is 0.195 e. The molecule has 0 aromatic rings. The molecule has 0 saturated heterocycles. The number of nitrogens with zero attached hydrogens (tertiary/aromatic N) is 3. The standard InChI is InChI=1S/C3H9N5/c1-4-3-5-6-7-8(3)2/h3-4H,1-2H3,(H,5,7)/t3-/m1/s1. The molecule has 1 atom stereocenters. The lowest BCUT2D eigenvalue weighted by atomic mass is 10.8. The molecular weight excluding hydrogens is 106 g/mol. The van der Waals surface area contributed by atoms with Crippen molar-refractivity contribution in [2.24, 2.45) is 10.3 Å². The molecule has 0 bridgehead atoms. The minimum absolute atomic E-state index is 0.00463. The van der Waals surface area contributed by atoms with Crippen LogP contribution in [0.5, 0.6) is 0 Å². The summed E-state index contributed by atoms with van der Waals surface area (Å²) in [5, 5.41) is 12.0. The second-order valence-corrected chi connectivity index (χ2v) is 1.59. The predicted molar refractivity (Wildman–Crippen MR) is 28.6 cm³/mol. The van der Waals surface area contributed by atoms with E-state index in [1.165, 1.54) is 0 Å². The number of hydrogen-bond acceptors (Lipinski definition) is 5. The summed E-state index contributed by atoms with van der Waals surface area (Å²) in [5.74, 6) is 0. The van der Waals surface area contributed by atoms with Gasteiger partial charge in [0.2, 0.25) is 0 Å². The van der Waals surface area contributed by atoms with E-state index in [1.54, 1.807) is 5.01 Å². The quantitative estimate of drug-likeness (QED) is 0.475. The Hall–Kier alpha value is -0.680. The lowest BCUT2D eigenvalue weighted by Gasteiger charge is -2.12. The van der Waals surface area contributed by atoms with E-state index < -0.39 is 0 Å². The summed E-state index contributed by atoms with van der Waals surface area (Å²) in [4.78, 5) is 0. The number of nitrogens with one attached hydrogen (secondary N) is 2. The minimum Gasteiger partial charge on any atom is -0.283 e. The summed E-state index contributed by atoms with van der Waals surface area (Å²) < 4.78 is 0. The van der Waals surface area contributed by atoms with Gasteiger partial charge in [-0.3, -0.25) is 5.32 Å². The fraction of sp³-hybridized carbons (Fsp3) is 1.00. The maximum absolute atomic E-state index is 3.76. The van der Waals surface area contributed by atoms with E-state index in [0.717, 1.165) is 0 Å². The van der Waals surface area contributed by atoms with Crippen LogP contribution in [0.15, 0.2) is 10.3 Å². The molecule has 0 radical (unpaired) electrons. The lowest BCUT2D eigenvalue weighted by Crippen LogP contribution is -2.41. The lowest BCUT2D eigenvalue weighted by molar-refractivity contribution is 0.198. The third-order valence-electron chi connectivity index (χ3n) is 0.995. The molecule has 1 heterocycles. The second kappa shape index (κ2) is 2.06. The van der Waals surface area contributed by atoms with Crippen LogP contribution in [-0.2, 0) is 0 Å². The van der Waals surface area contributed by atoms with Crippen LogP contribution >= 0.6 is 0 Å². The summed E-state index contributed by atoms with van der Waals surface area (Å²) in [6.07, 6.45) is -0.00463. The second-order valence-electron chi connectivity index (χ2n) is 1.59. The zero-order valence-electron chi connectivity index (χ0n) is 4.92. The van der Waals surface area contributed by atoms with Crippen LogP contribution in [0.1, 0.15) is 0 Å². The van der Waals surface area contributed by atoms with Gasteiger partial charge in [-0.2, -0.15) is 5.01 Å². The largest absolute Gasteiger partial charge is 0.283 e. The first-order valence-corrected chi connectivity index (χ1v) is 2.40. The van der Waals surface area contributed by atoms with Crippen LogP contribution < -0.4 is 10.9 Å². The molecule has 0 aromatic carbocycles. The maximum Gasteiger partial charge on any atom is 0.195 e. The van der Waals surface area contributed by atoms with E-state index in [4.69, 9.17) is 0 Å². The fourth-order valence-corrected chi connectivity index (χ4v) is 0.535. The minimum atomic E-state index is -0.00463. The molecule has 1 aliphatic heterocycles. The van der Waals surface area contributed by atoms with Crippen LogP contribution in [0.25, 0.3) is 0 Å². The van der Waals surface area contributed by atoms with Crippen molar-refractivity contribution in [1.82, 2.24) is 15.9 Å². The predicted octanol–water partition coefficient (Wildman–Crippen LogP) is -0.693. The van der Waals surface area contributed by atoms with Crippen LogP contribution in [0, 0.1) is 0 Å². The molecule has 0 fully saturated rings. The van der Waals surface area contributed by atoms with Crippen molar-refractivity contribution < 1.29 is 0 Å². The van der Waals surface area contributed by atoms with Crippen molar-refractivity contribution in [3.63, 3.8) is 0 Å². The summed E-state index contributed by atoms with van der Waals surface area (Å²) in [6, 6.07) is 0. The van der Waals surface area contributed by atoms with Crippen molar-refractivity contribution in [2.45, 2.75) is 6.29 Å². The number of rotatable bonds is 1. The molecule has 0 amide bonds. The number of hydrogen-bond donors (Lipinski definition) is 2. The van der Waals surface area contributed by atoms with Gasteiger partial charge < -0.3 is 0 Å². The van der Waals surface area contributed by atoms with Gasteiger partial charge in [-0.25, -0.2) is 5.53 Å². The molecule has 0 aliphatic carbocycles. The zero-order chi connectivity index (χ0) is 5.98. The Balaban J connectivity index is 2.41. The normalized spacial score (nSPS) is 28.5. The molecule has 0 aromatic heterocycles. The molecular formula is C3H9N5. The van der Waals surface area contributed by atoms with Gasteiger partial charge in [0.05, 0.1) is 0 Å². The third kappa shape index (κ3) is 0.775. The van der Waals surface area contributed by atoms with Crippen molar-refractivity contribution in [3.8, 4) is 0 Å². The van der Waals surface area contributed by atoms with E-state index in [9.17, 15) is 0 Å². The molecule has 0 spiro atoms. The van der Waals surface area contributed by atoms with Gasteiger partial charge in [-0.1, -0.05) is 5.22 Å². The zero-order valence-corrected chi connectivity index (χ0v) is 4.92. The van der Waals surface area contributed by atoms with E-state index in [1.807, 2.05) is 14.1 Å². The third-order valence-corrected chi connectivity index (χ3v) is 0.995. The Morgan fingerprint density at radius 1 is 1.75 bits per heavy atom. The van der Waals surface area contributed by atoms with Gasteiger partial charge in [-0.05, 0) is 7.05 Å². The molecule has 2 N–H and O–H groups in total. The average molecular weight is 115 g/mol. The summed E-state index contributed by atoms with van der Waals surface area (Å²) >= 11 is 0. The first-order valence-electron chi connectivity index (χ1n) is 2.40. The number of hydrazine groups is 1. The highest BCUT2D eigenvalue weighted by Crippen LogP contribution is 1.95. The van der Waals surface area contributed by atoms with Gasteiger partial charge in [0.15, 0.2) is 6.29 Å². The topological polar surface area (TPSA) is 52.0 Å². The SMILES string of the molecule is CN[C@@H]1N=NNN1C. The van der Waals surface area contributed by atoms with E-state index >= 15 is 0 Å². The van der Waals surface area contributed by atoms with Gasteiger partial charge in [0.25, 0.3) is 0 Å². The molecule has 0 unspecified atom stereocenters. The van der Waals surface area contributed by atoms with Crippen LogP contribution in [0.3, 0.4) is 0 Å². The first kappa shape index (κ1) is 5.46. The van der Waals surface area contributed by atoms with E-state index in [0.29, 0.717) is 0 Å². The maximum atomic E-state index is 3.76. The highest BCUT2D eigenvalue weighted by atomic mass is 15.8. The summed E-state index contributed by atoms with van der Waals surface area (Å²) in [5.41, 5.74) is 2.65. The Labute approximate surface area is 47.7 Å².